The molecule has 5 heteroatoms. The average molecular weight is 340 g/mol. The molecule has 0 saturated carbocycles. The van der Waals surface area contributed by atoms with Crippen molar-refractivity contribution in [1.82, 2.24) is 20.0 Å². The molecule has 5 nitrogen and oxygen atoms in total. The molecule has 2 aromatic rings. The number of carbonyl (C=O) groups is 1. The van der Waals surface area contributed by atoms with E-state index in [-0.39, 0.29) is 11.4 Å². The molecule has 25 heavy (non-hydrogen) atoms. The molecule has 0 fully saturated rings. The molecule has 0 unspecified atom stereocenters. The molecule has 134 valence electrons. The zero-order valence-electron chi connectivity index (χ0n) is 15.7. The summed E-state index contributed by atoms with van der Waals surface area (Å²) < 4.78 is 1.78. The summed E-state index contributed by atoms with van der Waals surface area (Å²) in [6.45, 7) is 8.74. The van der Waals surface area contributed by atoms with Gasteiger partial charge >= 0.3 is 6.03 Å². The van der Waals surface area contributed by atoms with Crippen molar-refractivity contribution in [2.75, 3.05) is 13.1 Å². The van der Waals surface area contributed by atoms with Crippen molar-refractivity contribution in [3.05, 3.63) is 52.8 Å². The summed E-state index contributed by atoms with van der Waals surface area (Å²) in [5.41, 5.74) is 5.09. The third-order valence-electron chi connectivity index (χ3n) is 4.80. The monoisotopic (exact) mass is 340 g/mol. The van der Waals surface area contributed by atoms with E-state index < -0.39 is 0 Å². The van der Waals surface area contributed by atoms with Crippen molar-refractivity contribution >= 4 is 6.03 Å². The highest BCUT2D eigenvalue weighted by molar-refractivity contribution is 5.74. The van der Waals surface area contributed by atoms with E-state index in [1.807, 2.05) is 24.2 Å². The summed E-state index contributed by atoms with van der Waals surface area (Å²) in [4.78, 5) is 14.4. The molecule has 2 heterocycles. The Balaban J connectivity index is 1.58. The van der Waals surface area contributed by atoms with Gasteiger partial charge in [0, 0.05) is 39.3 Å². The van der Waals surface area contributed by atoms with Crippen LogP contribution in [0.1, 0.15) is 43.2 Å². The van der Waals surface area contributed by atoms with Crippen molar-refractivity contribution in [3.8, 4) is 0 Å². The standard InChI is InChI=1S/C20H28N4O/c1-20(2,3)17-6-5-15-8-12-24(14-16(15)13-17)19(25)21-10-7-18-9-11-23(4)22-18/h5-6,9,11,13H,7-8,10,12,14H2,1-4H3,(H,21,25). The number of nitrogens with one attached hydrogen (secondary N) is 1. The highest BCUT2D eigenvalue weighted by atomic mass is 16.2. The van der Waals surface area contributed by atoms with Crippen LogP contribution < -0.4 is 5.32 Å². The Morgan fingerprint density at radius 3 is 2.72 bits per heavy atom. The second-order valence-electron chi connectivity index (χ2n) is 7.87. The highest BCUT2D eigenvalue weighted by Crippen LogP contribution is 2.27. The van der Waals surface area contributed by atoms with Crippen LogP contribution >= 0.6 is 0 Å². The van der Waals surface area contributed by atoms with Gasteiger partial charge in [-0.2, -0.15) is 5.10 Å². The second kappa shape index (κ2) is 6.90. The molecule has 1 N–H and O–H groups in total. The summed E-state index contributed by atoms with van der Waals surface area (Å²) in [6.07, 6.45) is 3.60. The van der Waals surface area contributed by atoms with E-state index in [1.165, 1.54) is 16.7 Å². The zero-order chi connectivity index (χ0) is 18.0. The van der Waals surface area contributed by atoms with Crippen LogP contribution in [0.4, 0.5) is 4.79 Å². The Kier molecular flexibility index (Phi) is 4.84. The predicted molar refractivity (Wildman–Crippen MR) is 99.6 cm³/mol. The Hall–Kier alpha value is -2.30. The molecule has 1 aliphatic rings. The SMILES string of the molecule is Cn1ccc(CCNC(=O)N2CCc3ccc(C(C)(C)C)cc3C2)n1. The van der Waals surface area contributed by atoms with E-state index in [9.17, 15) is 4.79 Å². The number of hydrogen-bond donors (Lipinski definition) is 1. The topological polar surface area (TPSA) is 50.2 Å². The summed E-state index contributed by atoms with van der Waals surface area (Å²) in [5.74, 6) is 0. The van der Waals surface area contributed by atoms with Crippen molar-refractivity contribution in [1.29, 1.82) is 0 Å². The first-order valence-electron chi connectivity index (χ1n) is 8.96. The lowest BCUT2D eigenvalue weighted by Gasteiger charge is -2.30. The van der Waals surface area contributed by atoms with E-state index in [1.54, 1.807) is 4.68 Å². The highest BCUT2D eigenvalue weighted by Gasteiger charge is 2.22. The maximum Gasteiger partial charge on any atom is 0.317 e. The lowest BCUT2D eigenvalue weighted by molar-refractivity contribution is 0.192. The lowest BCUT2D eigenvalue weighted by atomic mass is 9.84. The Labute approximate surface area is 150 Å². The summed E-state index contributed by atoms with van der Waals surface area (Å²) in [6, 6.07) is 8.72. The van der Waals surface area contributed by atoms with Gasteiger partial charge < -0.3 is 10.2 Å². The summed E-state index contributed by atoms with van der Waals surface area (Å²) >= 11 is 0. The Morgan fingerprint density at radius 1 is 1.24 bits per heavy atom. The molecule has 0 atom stereocenters. The van der Waals surface area contributed by atoms with E-state index in [0.717, 1.165) is 25.1 Å². The molecule has 0 spiro atoms. The molecule has 0 saturated heterocycles. The number of carbonyl (C=O) groups excluding carboxylic acids is 1. The number of hydrogen-bond acceptors (Lipinski definition) is 2. The molecular formula is C20H28N4O. The van der Waals surface area contributed by atoms with Gasteiger partial charge in [0.05, 0.1) is 5.69 Å². The van der Waals surface area contributed by atoms with Gasteiger partial charge in [0.25, 0.3) is 0 Å². The van der Waals surface area contributed by atoms with E-state index in [0.29, 0.717) is 13.1 Å². The number of nitrogens with zero attached hydrogens (tertiary/aromatic N) is 3. The number of urea groups is 1. The van der Waals surface area contributed by atoms with E-state index >= 15 is 0 Å². The minimum Gasteiger partial charge on any atom is -0.338 e. The number of amides is 2. The van der Waals surface area contributed by atoms with Gasteiger partial charge in [-0.05, 0) is 34.6 Å². The van der Waals surface area contributed by atoms with Crippen molar-refractivity contribution in [3.63, 3.8) is 0 Å². The average Bonchev–Trinajstić information content (AvgIpc) is 2.98. The maximum absolute atomic E-state index is 12.5. The van der Waals surface area contributed by atoms with Gasteiger partial charge in [-0.15, -0.1) is 0 Å². The molecule has 1 aromatic heterocycles. The lowest BCUT2D eigenvalue weighted by Crippen LogP contribution is -2.43. The van der Waals surface area contributed by atoms with Gasteiger partial charge in [-0.1, -0.05) is 39.0 Å². The van der Waals surface area contributed by atoms with Crippen LogP contribution in [0, 0.1) is 0 Å². The molecule has 0 radical (unpaired) electrons. The number of fused-ring (bicyclic) bond motifs is 1. The third kappa shape index (κ3) is 4.21. The Bertz CT molecular complexity index is 757. The fourth-order valence-electron chi connectivity index (χ4n) is 3.20. The largest absolute Gasteiger partial charge is 0.338 e. The second-order valence-corrected chi connectivity index (χ2v) is 7.87. The molecule has 1 aliphatic heterocycles. The molecule has 3 rings (SSSR count). The van der Waals surface area contributed by atoms with Gasteiger partial charge in [-0.25, -0.2) is 4.79 Å². The van der Waals surface area contributed by atoms with Crippen molar-refractivity contribution < 1.29 is 4.79 Å². The van der Waals surface area contributed by atoms with Crippen LogP contribution in [0.2, 0.25) is 0 Å². The fraction of sp³-hybridized carbons (Fsp3) is 0.500. The van der Waals surface area contributed by atoms with Crippen molar-refractivity contribution in [2.24, 2.45) is 7.05 Å². The van der Waals surface area contributed by atoms with Gasteiger partial charge in [0.1, 0.15) is 0 Å². The van der Waals surface area contributed by atoms with Crippen LogP contribution in [-0.4, -0.2) is 33.8 Å². The first-order valence-corrected chi connectivity index (χ1v) is 8.96. The van der Waals surface area contributed by atoms with Gasteiger partial charge in [-0.3, -0.25) is 4.68 Å². The number of aryl methyl sites for hydroxylation is 1. The summed E-state index contributed by atoms with van der Waals surface area (Å²) in [5, 5.41) is 7.36. The first-order chi connectivity index (χ1) is 11.8. The van der Waals surface area contributed by atoms with Crippen LogP contribution in [0.3, 0.4) is 0 Å². The quantitative estimate of drug-likeness (QED) is 0.934. The molecular weight excluding hydrogens is 312 g/mol. The van der Waals surface area contributed by atoms with Crippen LogP contribution in [-0.2, 0) is 31.8 Å². The fourth-order valence-corrected chi connectivity index (χ4v) is 3.20. The first kappa shape index (κ1) is 17.5. The minimum atomic E-state index is 0.0164. The molecule has 2 amide bonds. The van der Waals surface area contributed by atoms with Gasteiger partial charge in [0.15, 0.2) is 0 Å². The third-order valence-corrected chi connectivity index (χ3v) is 4.80. The molecule has 0 bridgehead atoms. The van der Waals surface area contributed by atoms with Crippen LogP contribution in [0.15, 0.2) is 30.5 Å². The number of rotatable bonds is 3. The summed E-state index contributed by atoms with van der Waals surface area (Å²) in [7, 11) is 1.90. The van der Waals surface area contributed by atoms with E-state index in [2.05, 4.69) is 49.4 Å². The zero-order valence-corrected chi connectivity index (χ0v) is 15.7. The van der Waals surface area contributed by atoms with Crippen LogP contribution in [0.25, 0.3) is 0 Å². The predicted octanol–water partition coefficient (Wildman–Crippen LogP) is 3.03. The number of benzene rings is 1. The maximum atomic E-state index is 12.5. The van der Waals surface area contributed by atoms with Gasteiger partial charge in [0.2, 0.25) is 0 Å². The number of aromatic nitrogens is 2. The minimum absolute atomic E-state index is 0.0164. The molecule has 0 aliphatic carbocycles. The Morgan fingerprint density at radius 2 is 2.04 bits per heavy atom. The van der Waals surface area contributed by atoms with Crippen molar-refractivity contribution in [2.45, 2.75) is 45.6 Å². The molecule has 1 aromatic carbocycles. The van der Waals surface area contributed by atoms with Crippen LogP contribution in [0.5, 0.6) is 0 Å². The normalized spacial score (nSPS) is 14.3. The smallest absolute Gasteiger partial charge is 0.317 e. The van der Waals surface area contributed by atoms with E-state index in [4.69, 9.17) is 0 Å².